The zero-order valence-electron chi connectivity index (χ0n) is 11.1. The third-order valence-electron chi connectivity index (χ3n) is 2.81. The number of likely N-dealkylation sites (N-methyl/N-ethyl adjacent to an activating group) is 1. The third kappa shape index (κ3) is 5.77. The second kappa shape index (κ2) is 8.42. The molecule has 0 aromatic carbocycles. The lowest BCUT2D eigenvalue weighted by Crippen LogP contribution is -2.39. The predicted octanol–water partition coefficient (Wildman–Crippen LogP) is 0.607. The van der Waals surface area contributed by atoms with Gasteiger partial charge in [0.2, 0.25) is 0 Å². The Balaban J connectivity index is 2.12. The van der Waals surface area contributed by atoms with Gasteiger partial charge in [0.15, 0.2) is 6.29 Å². The average Bonchev–Trinajstić information content (AvgIpc) is 2.35. The van der Waals surface area contributed by atoms with Crippen LogP contribution in [-0.4, -0.2) is 56.4 Å². The van der Waals surface area contributed by atoms with Crippen molar-refractivity contribution in [2.45, 2.75) is 44.6 Å². The smallest absolute Gasteiger partial charge is 0.323 e. The minimum atomic E-state index is -0.915. The first-order chi connectivity index (χ1) is 8.63. The molecule has 1 heterocycles. The van der Waals surface area contributed by atoms with Crippen molar-refractivity contribution >= 4 is 5.97 Å². The molecule has 0 aliphatic carbocycles. The standard InChI is InChI=1S/C12H23NO5/c1-9(18-11-5-3-4-6-17-11)7-16-8-10(13-2)12(14)15/h9-11,13H,3-8H2,1-2H3,(H,14,15). The molecule has 1 saturated heterocycles. The van der Waals surface area contributed by atoms with Crippen molar-refractivity contribution in [2.24, 2.45) is 0 Å². The Hall–Kier alpha value is -0.690. The van der Waals surface area contributed by atoms with E-state index in [1.807, 2.05) is 6.92 Å². The number of aliphatic carboxylic acids is 1. The topological polar surface area (TPSA) is 77.0 Å². The number of rotatable bonds is 8. The molecule has 3 atom stereocenters. The molecule has 1 rings (SSSR count). The van der Waals surface area contributed by atoms with Crippen LogP contribution in [0.4, 0.5) is 0 Å². The van der Waals surface area contributed by atoms with Gasteiger partial charge in [-0.05, 0) is 33.2 Å². The molecule has 18 heavy (non-hydrogen) atoms. The van der Waals surface area contributed by atoms with Crippen LogP contribution in [0.1, 0.15) is 26.2 Å². The molecular formula is C12H23NO5. The highest BCUT2D eigenvalue weighted by Gasteiger charge is 2.19. The van der Waals surface area contributed by atoms with Gasteiger partial charge in [-0.2, -0.15) is 0 Å². The maximum absolute atomic E-state index is 10.7. The first-order valence-electron chi connectivity index (χ1n) is 6.38. The monoisotopic (exact) mass is 261 g/mol. The van der Waals surface area contributed by atoms with Crippen LogP contribution in [0.15, 0.2) is 0 Å². The first-order valence-corrected chi connectivity index (χ1v) is 6.38. The lowest BCUT2D eigenvalue weighted by Gasteiger charge is -2.26. The average molecular weight is 261 g/mol. The van der Waals surface area contributed by atoms with Gasteiger partial charge in [0.1, 0.15) is 6.04 Å². The van der Waals surface area contributed by atoms with Crippen molar-refractivity contribution in [3.8, 4) is 0 Å². The molecule has 1 aliphatic rings. The Bertz CT molecular complexity index is 243. The number of carboxylic acid groups (broad SMARTS) is 1. The van der Waals surface area contributed by atoms with Gasteiger partial charge >= 0.3 is 5.97 Å². The molecule has 0 saturated carbocycles. The third-order valence-corrected chi connectivity index (χ3v) is 2.81. The van der Waals surface area contributed by atoms with Crippen LogP contribution in [0.25, 0.3) is 0 Å². The number of carboxylic acids is 1. The van der Waals surface area contributed by atoms with Gasteiger partial charge in [-0.3, -0.25) is 4.79 Å². The number of ether oxygens (including phenoxy) is 3. The van der Waals surface area contributed by atoms with Crippen molar-refractivity contribution in [3.05, 3.63) is 0 Å². The number of nitrogens with one attached hydrogen (secondary N) is 1. The fourth-order valence-electron chi connectivity index (χ4n) is 1.75. The van der Waals surface area contributed by atoms with E-state index in [0.29, 0.717) is 6.61 Å². The highest BCUT2D eigenvalue weighted by Crippen LogP contribution is 2.15. The van der Waals surface area contributed by atoms with Crippen LogP contribution >= 0.6 is 0 Å². The van der Waals surface area contributed by atoms with Crippen molar-refractivity contribution in [2.75, 3.05) is 26.9 Å². The molecule has 0 aromatic rings. The van der Waals surface area contributed by atoms with E-state index in [4.69, 9.17) is 19.3 Å². The van der Waals surface area contributed by atoms with Crippen molar-refractivity contribution in [1.82, 2.24) is 5.32 Å². The Morgan fingerprint density at radius 3 is 2.83 bits per heavy atom. The lowest BCUT2D eigenvalue weighted by molar-refractivity contribution is -0.194. The van der Waals surface area contributed by atoms with Crippen LogP contribution in [0.2, 0.25) is 0 Å². The molecular weight excluding hydrogens is 238 g/mol. The van der Waals surface area contributed by atoms with Gasteiger partial charge < -0.3 is 24.6 Å². The Labute approximate surface area is 108 Å². The summed E-state index contributed by atoms with van der Waals surface area (Å²) in [6.45, 7) is 3.14. The van der Waals surface area contributed by atoms with E-state index < -0.39 is 12.0 Å². The van der Waals surface area contributed by atoms with E-state index in [1.165, 1.54) is 0 Å². The summed E-state index contributed by atoms with van der Waals surface area (Å²) in [7, 11) is 1.60. The van der Waals surface area contributed by atoms with Gasteiger partial charge in [-0.25, -0.2) is 0 Å². The highest BCUT2D eigenvalue weighted by molar-refractivity contribution is 5.73. The van der Waals surface area contributed by atoms with Gasteiger partial charge in [0.25, 0.3) is 0 Å². The van der Waals surface area contributed by atoms with E-state index >= 15 is 0 Å². The van der Waals surface area contributed by atoms with E-state index in [0.717, 1.165) is 25.9 Å². The van der Waals surface area contributed by atoms with Crippen molar-refractivity contribution in [3.63, 3.8) is 0 Å². The zero-order chi connectivity index (χ0) is 13.4. The van der Waals surface area contributed by atoms with Crippen LogP contribution in [0.5, 0.6) is 0 Å². The minimum Gasteiger partial charge on any atom is -0.480 e. The van der Waals surface area contributed by atoms with Crippen molar-refractivity contribution < 1.29 is 24.1 Å². The summed E-state index contributed by atoms with van der Waals surface area (Å²) >= 11 is 0. The molecule has 1 aliphatic heterocycles. The molecule has 0 spiro atoms. The fourth-order valence-corrected chi connectivity index (χ4v) is 1.75. The quantitative estimate of drug-likeness (QED) is 0.666. The molecule has 0 radical (unpaired) electrons. The van der Waals surface area contributed by atoms with Crippen LogP contribution in [-0.2, 0) is 19.0 Å². The van der Waals surface area contributed by atoms with Crippen LogP contribution in [0, 0.1) is 0 Å². The molecule has 0 bridgehead atoms. The van der Waals surface area contributed by atoms with Crippen LogP contribution < -0.4 is 5.32 Å². The molecule has 6 heteroatoms. The van der Waals surface area contributed by atoms with E-state index in [2.05, 4.69) is 5.32 Å². The summed E-state index contributed by atoms with van der Waals surface area (Å²) < 4.78 is 16.4. The molecule has 1 fully saturated rings. The molecule has 2 N–H and O–H groups in total. The molecule has 6 nitrogen and oxygen atoms in total. The molecule has 3 unspecified atom stereocenters. The summed E-state index contributed by atoms with van der Waals surface area (Å²) in [5.74, 6) is -0.915. The maximum atomic E-state index is 10.7. The minimum absolute atomic E-state index is 0.0978. The number of hydrogen-bond donors (Lipinski definition) is 2. The van der Waals surface area contributed by atoms with Crippen molar-refractivity contribution in [1.29, 1.82) is 0 Å². The second-order valence-electron chi connectivity index (χ2n) is 4.46. The Kier molecular flexibility index (Phi) is 7.19. The van der Waals surface area contributed by atoms with Gasteiger partial charge in [-0.1, -0.05) is 0 Å². The van der Waals surface area contributed by atoms with Gasteiger partial charge in [0.05, 0.1) is 19.3 Å². The van der Waals surface area contributed by atoms with E-state index in [-0.39, 0.29) is 19.0 Å². The number of carbonyl (C=O) groups is 1. The summed E-state index contributed by atoms with van der Waals surface area (Å²) in [5, 5.41) is 11.5. The summed E-state index contributed by atoms with van der Waals surface area (Å²) in [6.07, 6.45) is 2.89. The Morgan fingerprint density at radius 1 is 1.50 bits per heavy atom. The molecule has 0 amide bonds. The van der Waals surface area contributed by atoms with E-state index in [1.54, 1.807) is 7.05 Å². The zero-order valence-corrected chi connectivity index (χ0v) is 11.1. The maximum Gasteiger partial charge on any atom is 0.323 e. The largest absolute Gasteiger partial charge is 0.480 e. The van der Waals surface area contributed by atoms with E-state index in [9.17, 15) is 4.79 Å². The second-order valence-corrected chi connectivity index (χ2v) is 4.46. The first kappa shape index (κ1) is 15.4. The van der Waals surface area contributed by atoms with Gasteiger partial charge in [0, 0.05) is 6.61 Å². The lowest BCUT2D eigenvalue weighted by atomic mass is 10.2. The summed E-state index contributed by atoms with van der Waals surface area (Å²) in [4.78, 5) is 10.7. The summed E-state index contributed by atoms with van der Waals surface area (Å²) in [6, 6.07) is -0.678. The van der Waals surface area contributed by atoms with Gasteiger partial charge in [-0.15, -0.1) is 0 Å². The summed E-state index contributed by atoms with van der Waals surface area (Å²) in [5.41, 5.74) is 0. The Morgan fingerprint density at radius 2 is 2.28 bits per heavy atom. The SMILES string of the molecule is CNC(COCC(C)OC1CCCCO1)C(=O)O. The molecule has 106 valence electrons. The van der Waals surface area contributed by atoms with Crippen LogP contribution in [0.3, 0.4) is 0 Å². The predicted molar refractivity (Wildman–Crippen MR) is 65.4 cm³/mol. The highest BCUT2D eigenvalue weighted by atomic mass is 16.7. The number of hydrogen-bond acceptors (Lipinski definition) is 5. The fraction of sp³-hybridized carbons (Fsp3) is 0.917. The molecule has 0 aromatic heterocycles. The normalized spacial score (nSPS) is 23.6.